The summed E-state index contributed by atoms with van der Waals surface area (Å²) in [6.45, 7) is 5.78. The van der Waals surface area contributed by atoms with E-state index in [1.807, 2.05) is 25.3 Å². The predicted octanol–water partition coefficient (Wildman–Crippen LogP) is 0.984. The number of nitrogens with one attached hydrogen (secondary N) is 1. The van der Waals surface area contributed by atoms with Gasteiger partial charge in [0, 0.05) is 13.1 Å². The minimum atomic E-state index is -0.555. The van der Waals surface area contributed by atoms with E-state index >= 15 is 0 Å². The van der Waals surface area contributed by atoms with Crippen LogP contribution in [0, 0.1) is 0 Å². The maximum Gasteiger partial charge on any atom is 0.240 e. The van der Waals surface area contributed by atoms with Crippen molar-refractivity contribution in [2.24, 2.45) is 0 Å². The molecule has 6 nitrogen and oxygen atoms in total. The fourth-order valence-corrected chi connectivity index (χ4v) is 3.18. The van der Waals surface area contributed by atoms with Crippen molar-refractivity contribution in [1.29, 1.82) is 0 Å². The normalized spacial score (nSPS) is 19.2. The number of piperazine rings is 1. The average molecular weight is 291 g/mol. The van der Waals surface area contributed by atoms with Gasteiger partial charge in [0.15, 0.2) is 0 Å². The minimum absolute atomic E-state index is 0.0360. The lowest BCUT2D eigenvalue weighted by Gasteiger charge is -2.40. The third kappa shape index (κ3) is 2.12. The molecule has 20 heavy (non-hydrogen) atoms. The largest absolute Gasteiger partial charge is 0.383 e. The first-order chi connectivity index (χ1) is 9.48. The zero-order chi connectivity index (χ0) is 14.3. The van der Waals surface area contributed by atoms with E-state index in [1.54, 1.807) is 11.3 Å². The van der Waals surface area contributed by atoms with E-state index in [0.29, 0.717) is 24.7 Å². The lowest BCUT2D eigenvalue weighted by Crippen LogP contribution is -2.61. The smallest absolute Gasteiger partial charge is 0.240 e. The Morgan fingerprint density at radius 3 is 3.10 bits per heavy atom. The van der Waals surface area contributed by atoms with Crippen LogP contribution in [-0.2, 0) is 11.3 Å². The second-order valence-corrected chi connectivity index (χ2v) is 6.30. The average Bonchev–Trinajstić information content (AvgIpc) is 2.84. The quantitative estimate of drug-likeness (QED) is 0.862. The second kappa shape index (κ2) is 4.68. The molecule has 1 fully saturated rings. The number of thiophene rings is 1. The van der Waals surface area contributed by atoms with Gasteiger partial charge in [-0.15, -0.1) is 11.3 Å². The highest BCUT2D eigenvalue weighted by Crippen LogP contribution is 2.25. The van der Waals surface area contributed by atoms with Gasteiger partial charge in [0.2, 0.25) is 5.91 Å². The number of nitrogen functional groups attached to an aromatic ring is 1. The number of fused-ring (bicyclic) bond motifs is 1. The Hall–Kier alpha value is -1.73. The third-order valence-corrected chi connectivity index (χ3v) is 4.55. The van der Waals surface area contributed by atoms with Crippen molar-refractivity contribution in [1.82, 2.24) is 20.2 Å². The van der Waals surface area contributed by atoms with E-state index in [9.17, 15) is 4.79 Å². The van der Waals surface area contributed by atoms with Gasteiger partial charge in [0.25, 0.3) is 0 Å². The molecule has 106 valence electrons. The molecular weight excluding hydrogens is 274 g/mol. The summed E-state index contributed by atoms with van der Waals surface area (Å²) in [5, 5.41) is 5.73. The van der Waals surface area contributed by atoms with Crippen LogP contribution in [0.4, 0.5) is 5.82 Å². The highest BCUT2D eigenvalue weighted by atomic mass is 32.1. The van der Waals surface area contributed by atoms with Crippen molar-refractivity contribution in [3.8, 4) is 0 Å². The van der Waals surface area contributed by atoms with Crippen molar-refractivity contribution in [3.05, 3.63) is 17.3 Å². The van der Waals surface area contributed by atoms with Crippen LogP contribution < -0.4 is 11.1 Å². The first-order valence-corrected chi connectivity index (χ1v) is 7.39. The first-order valence-electron chi connectivity index (χ1n) is 6.51. The molecule has 1 aliphatic rings. The molecule has 0 atom stereocenters. The molecule has 2 aromatic rings. The highest BCUT2D eigenvalue weighted by Gasteiger charge is 2.37. The Balaban J connectivity index is 1.90. The lowest BCUT2D eigenvalue weighted by atomic mass is 9.99. The van der Waals surface area contributed by atoms with E-state index in [0.717, 1.165) is 16.8 Å². The van der Waals surface area contributed by atoms with Crippen LogP contribution in [0.2, 0.25) is 0 Å². The fraction of sp³-hybridized carbons (Fsp3) is 0.462. The summed E-state index contributed by atoms with van der Waals surface area (Å²) in [5.74, 6) is 1.21. The van der Waals surface area contributed by atoms with Crippen LogP contribution in [0.3, 0.4) is 0 Å². The van der Waals surface area contributed by atoms with Crippen molar-refractivity contribution in [2.45, 2.75) is 25.9 Å². The van der Waals surface area contributed by atoms with Gasteiger partial charge in [-0.3, -0.25) is 9.69 Å². The van der Waals surface area contributed by atoms with Gasteiger partial charge in [-0.05, 0) is 25.3 Å². The Bertz CT molecular complexity index is 666. The Kier molecular flexibility index (Phi) is 3.10. The van der Waals surface area contributed by atoms with Crippen molar-refractivity contribution in [2.75, 3.05) is 18.8 Å². The van der Waals surface area contributed by atoms with Crippen molar-refractivity contribution < 1.29 is 4.79 Å². The van der Waals surface area contributed by atoms with Crippen LogP contribution in [0.5, 0.6) is 0 Å². The highest BCUT2D eigenvalue weighted by molar-refractivity contribution is 7.16. The van der Waals surface area contributed by atoms with Gasteiger partial charge < -0.3 is 11.1 Å². The molecule has 3 N–H and O–H groups in total. The monoisotopic (exact) mass is 291 g/mol. The van der Waals surface area contributed by atoms with Gasteiger partial charge >= 0.3 is 0 Å². The number of nitrogens with two attached hydrogens (primary N) is 1. The molecule has 2 aromatic heterocycles. The van der Waals surface area contributed by atoms with Crippen LogP contribution in [0.1, 0.15) is 19.7 Å². The second-order valence-electron chi connectivity index (χ2n) is 5.40. The molecule has 0 aromatic carbocycles. The predicted molar refractivity (Wildman–Crippen MR) is 79.3 cm³/mol. The number of amides is 1. The van der Waals surface area contributed by atoms with Crippen molar-refractivity contribution in [3.63, 3.8) is 0 Å². The van der Waals surface area contributed by atoms with Gasteiger partial charge in [-0.2, -0.15) is 0 Å². The summed E-state index contributed by atoms with van der Waals surface area (Å²) < 4.78 is 0. The molecule has 0 radical (unpaired) electrons. The summed E-state index contributed by atoms with van der Waals surface area (Å²) in [7, 11) is 0. The molecule has 0 aliphatic carbocycles. The number of carbonyl (C=O) groups is 1. The molecule has 0 saturated carbocycles. The summed E-state index contributed by atoms with van der Waals surface area (Å²) in [4.78, 5) is 23.8. The summed E-state index contributed by atoms with van der Waals surface area (Å²) in [6.07, 6.45) is 0. The third-order valence-electron chi connectivity index (χ3n) is 3.75. The van der Waals surface area contributed by atoms with Gasteiger partial charge in [-0.1, -0.05) is 0 Å². The number of anilines is 1. The Morgan fingerprint density at radius 2 is 2.30 bits per heavy atom. The molecule has 3 rings (SSSR count). The molecule has 0 unspecified atom stereocenters. The molecule has 7 heteroatoms. The molecule has 1 amide bonds. The van der Waals surface area contributed by atoms with Crippen molar-refractivity contribution >= 4 is 33.3 Å². The molecule has 0 bridgehead atoms. The van der Waals surface area contributed by atoms with Crippen LogP contribution in [0.25, 0.3) is 10.2 Å². The fourth-order valence-electron chi connectivity index (χ4n) is 2.39. The number of carbonyl (C=O) groups excluding carboxylic acids is 1. The Labute approximate surface area is 121 Å². The molecule has 3 heterocycles. The van der Waals surface area contributed by atoms with E-state index in [4.69, 9.17) is 5.73 Å². The van der Waals surface area contributed by atoms with Gasteiger partial charge in [0.1, 0.15) is 16.5 Å². The van der Waals surface area contributed by atoms with Crippen LogP contribution in [-0.4, -0.2) is 39.4 Å². The van der Waals surface area contributed by atoms with Crippen LogP contribution in [0.15, 0.2) is 11.4 Å². The number of rotatable bonds is 2. The maximum atomic E-state index is 11.9. The number of hydrogen-bond acceptors (Lipinski definition) is 6. The van der Waals surface area contributed by atoms with Crippen LogP contribution >= 0.6 is 11.3 Å². The van der Waals surface area contributed by atoms with E-state index < -0.39 is 5.54 Å². The zero-order valence-electron chi connectivity index (χ0n) is 11.5. The zero-order valence-corrected chi connectivity index (χ0v) is 12.3. The van der Waals surface area contributed by atoms with Gasteiger partial charge in [0.05, 0.1) is 17.5 Å². The molecule has 0 spiro atoms. The minimum Gasteiger partial charge on any atom is -0.383 e. The lowest BCUT2D eigenvalue weighted by molar-refractivity contribution is -0.135. The first kappa shape index (κ1) is 13.3. The van der Waals surface area contributed by atoms with E-state index in [-0.39, 0.29) is 5.91 Å². The van der Waals surface area contributed by atoms with E-state index in [1.165, 1.54) is 0 Å². The SMILES string of the molecule is CC1(C)C(=O)NCCN1Cc1nc(N)c2ccsc2n1. The molecule has 1 aliphatic heterocycles. The summed E-state index contributed by atoms with van der Waals surface area (Å²) in [5.41, 5.74) is 5.40. The maximum absolute atomic E-state index is 11.9. The number of nitrogens with zero attached hydrogens (tertiary/aromatic N) is 3. The van der Waals surface area contributed by atoms with Gasteiger partial charge in [-0.25, -0.2) is 9.97 Å². The molecular formula is C13H17N5OS. The number of aromatic nitrogens is 2. The van der Waals surface area contributed by atoms with E-state index in [2.05, 4.69) is 20.2 Å². The number of hydrogen-bond donors (Lipinski definition) is 2. The Morgan fingerprint density at radius 1 is 1.50 bits per heavy atom. The summed E-state index contributed by atoms with van der Waals surface area (Å²) in [6, 6.07) is 1.93. The summed E-state index contributed by atoms with van der Waals surface area (Å²) >= 11 is 1.55. The standard InChI is InChI=1S/C13H17N5OS/c1-13(2)12(19)15-4-5-18(13)7-9-16-10(14)8-3-6-20-11(8)17-9/h3,6H,4-5,7H2,1-2H3,(H,15,19)(H2,14,16,17). The molecule has 1 saturated heterocycles. The topological polar surface area (TPSA) is 84.1 Å².